The summed E-state index contributed by atoms with van der Waals surface area (Å²) in [6.45, 7) is 11.1. The van der Waals surface area contributed by atoms with E-state index in [-0.39, 0.29) is 29.3 Å². The molecule has 0 saturated heterocycles. The van der Waals surface area contributed by atoms with E-state index in [0.29, 0.717) is 22.3 Å². The number of aromatic nitrogens is 2. The molecule has 2 heterocycles. The van der Waals surface area contributed by atoms with Crippen molar-refractivity contribution in [3.8, 4) is 0 Å². The number of Topliss-reactive ketones (excluding diaryl/α,β-unsaturated/α-hetero) is 1. The van der Waals surface area contributed by atoms with Crippen LogP contribution in [0.1, 0.15) is 54.7 Å². The monoisotopic (exact) mass is 475 g/mol. The first-order chi connectivity index (χ1) is 13.1. The van der Waals surface area contributed by atoms with Gasteiger partial charge in [0.15, 0.2) is 0 Å². The average molecular weight is 477 g/mol. The van der Waals surface area contributed by atoms with E-state index in [9.17, 15) is 9.59 Å². The Hall–Kier alpha value is -1.69. The quantitative estimate of drug-likeness (QED) is 0.491. The number of nitrogen functional groups attached to an aromatic ring is 1. The van der Waals surface area contributed by atoms with Crippen LogP contribution in [0.15, 0.2) is 36.7 Å². The molecule has 30 heavy (non-hydrogen) atoms. The van der Waals surface area contributed by atoms with Crippen LogP contribution in [0.4, 0.5) is 5.82 Å². The van der Waals surface area contributed by atoms with Gasteiger partial charge in [0.1, 0.15) is 11.6 Å². The zero-order valence-electron chi connectivity index (χ0n) is 17.6. The maximum Gasteiger partial charge on any atom is 0.226 e. The first-order valence-electron chi connectivity index (χ1n) is 8.83. The Morgan fingerprint density at radius 3 is 1.57 bits per heavy atom. The molecular weight excluding hydrogens is 445 g/mol. The lowest BCUT2D eigenvalue weighted by Crippen LogP contribution is -2.22. The molecule has 2 rings (SSSR count). The predicted octanol–water partition coefficient (Wildman–Crippen LogP) is 6.64. The molecule has 0 fully saturated rings. The molecular formula is C22H32Cl3N3O2. The van der Waals surface area contributed by atoms with Gasteiger partial charge in [-0.05, 0) is 35.9 Å². The number of carbonyl (C=O) groups is 2. The number of anilines is 1. The molecule has 0 spiro atoms. The molecule has 0 atom stereocenters. The van der Waals surface area contributed by atoms with E-state index in [1.165, 1.54) is 6.20 Å². The Morgan fingerprint density at radius 1 is 0.867 bits per heavy atom. The maximum absolute atomic E-state index is 11.6. The minimum absolute atomic E-state index is 0. The van der Waals surface area contributed by atoms with Crippen molar-refractivity contribution in [1.29, 1.82) is 0 Å². The van der Waals surface area contributed by atoms with Gasteiger partial charge in [0.25, 0.3) is 0 Å². The standard InChI is InChI=1S/C11H14ClNO.C5H5ClN2.C5H9ClO.CH4/c1-11(2,3)10(14)6-9-5-4-8(12)7-13-9;6-4-1-2-5(7)8-3-4;1-5(2,3)4(6)7;/h4-5,7H,6H2,1-3H3;1-3H,(H2,7,8);1-3H3;1H4. The summed E-state index contributed by atoms with van der Waals surface area (Å²) in [5.74, 6) is 0.682. The van der Waals surface area contributed by atoms with Gasteiger partial charge in [-0.2, -0.15) is 0 Å². The second-order valence-electron chi connectivity index (χ2n) is 8.24. The Balaban J connectivity index is 0. The molecule has 0 aliphatic rings. The fraction of sp³-hybridized carbons (Fsp3) is 0.455. The number of hydrogen-bond donors (Lipinski definition) is 1. The zero-order valence-corrected chi connectivity index (χ0v) is 19.9. The third-order valence-corrected chi connectivity index (χ3v) is 4.32. The number of ketones is 1. The van der Waals surface area contributed by atoms with E-state index in [0.717, 1.165) is 5.69 Å². The Morgan fingerprint density at radius 2 is 1.30 bits per heavy atom. The molecule has 168 valence electrons. The van der Waals surface area contributed by atoms with Crippen LogP contribution >= 0.6 is 34.8 Å². The number of carbonyl (C=O) groups excluding carboxylic acids is 2. The van der Waals surface area contributed by atoms with E-state index < -0.39 is 0 Å². The summed E-state index contributed by atoms with van der Waals surface area (Å²) in [6.07, 6.45) is 3.45. The van der Waals surface area contributed by atoms with Gasteiger partial charge in [-0.1, -0.05) is 72.2 Å². The minimum Gasteiger partial charge on any atom is -0.384 e. The topological polar surface area (TPSA) is 85.9 Å². The average Bonchev–Trinajstić information content (AvgIpc) is 2.59. The summed E-state index contributed by atoms with van der Waals surface area (Å²) in [7, 11) is 0. The first kappa shape index (κ1) is 30.5. The van der Waals surface area contributed by atoms with Gasteiger partial charge < -0.3 is 5.73 Å². The lowest BCUT2D eigenvalue weighted by molar-refractivity contribution is -0.125. The van der Waals surface area contributed by atoms with Crippen LogP contribution in [0.25, 0.3) is 0 Å². The van der Waals surface area contributed by atoms with Crippen molar-refractivity contribution < 1.29 is 9.59 Å². The summed E-state index contributed by atoms with van der Waals surface area (Å²) in [5, 5.41) is 0.920. The molecule has 0 aromatic carbocycles. The van der Waals surface area contributed by atoms with Gasteiger partial charge in [-0.15, -0.1) is 0 Å². The summed E-state index contributed by atoms with van der Waals surface area (Å²) >= 11 is 16.3. The molecule has 0 aliphatic heterocycles. The Kier molecular flexibility index (Phi) is 13.8. The van der Waals surface area contributed by atoms with Crippen LogP contribution in [0.3, 0.4) is 0 Å². The van der Waals surface area contributed by atoms with Gasteiger partial charge in [0.05, 0.1) is 10.0 Å². The first-order valence-corrected chi connectivity index (χ1v) is 9.97. The van der Waals surface area contributed by atoms with Crippen LogP contribution in [0.5, 0.6) is 0 Å². The molecule has 0 unspecified atom stereocenters. The molecule has 2 N–H and O–H groups in total. The number of halogens is 3. The Bertz CT molecular complexity index is 758. The van der Waals surface area contributed by atoms with Crippen molar-refractivity contribution in [3.05, 3.63) is 52.4 Å². The van der Waals surface area contributed by atoms with E-state index in [1.807, 2.05) is 20.8 Å². The van der Waals surface area contributed by atoms with E-state index in [2.05, 4.69) is 9.97 Å². The van der Waals surface area contributed by atoms with Gasteiger partial charge in [0.2, 0.25) is 5.24 Å². The summed E-state index contributed by atoms with van der Waals surface area (Å²) < 4.78 is 0. The highest BCUT2D eigenvalue weighted by atomic mass is 35.5. The van der Waals surface area contributed by atoms with Crippen LogP contribution in [0.2, 0.25) is 10.0 Å². The minimum atomic E-state index is -0.373. The van der Waals surface area contributed by atoms with Crippen LogP contribution in [0, 0.1) is 10.8 Å². The second-order valence-corrected chi connectivity index (χ2v) is 9.46. The third-order valence-electron chi connectivity index (χ3n) is 3.31. The van der Waals surface area contributed by atoms with Gasteiger partial charge in [-0.25, -0.2) is 4.98 Å². The maximum atomic E-state index is 11.6. The van der Waals surface area contributed by atoms with E-state index in [1.54, 1.807) is 51.2 Å². The molecule has 0 saturated carbocycles. The summed E-state index contributed by atoms with van der Waals surface area (Å²) in [5.41, 5.74) is 5.35. The van der Waals surface area contributed by atoms with Crippen LogP contribution < -0.4 is 5.73 Å². The molecule has 0 bridgehead atoms. The van der Waals surface area contributed by atoms with Crippen molar-refractivity contribution in [2.75, 3.05) is 5.73 Å². The van der Waals surface area contributed by atoms with Crippen molar-refractivity contribution >= 4 is 51.6 Å². The Labute approximate surface area is 195 Å². The molecule has 2 aromatic rings. The van der Waals surface area contributed by atoms with Gasteiger partial charge in [-0.3, -0.25) is 14.6 Å². The normalized spacial score (nSPS) is 10.4. The predicted molar refractivity (Wildman–Crippen MR) is 128 cm³/mol. The summed E-state index contributed by atoms with van der Waals surface area (Å²) in [6, 6.07) is 6.89. The molecule has 8 heteroatoms. The fourth-order valence-corrected chi connectivity index (χ4v) is 1.55. The van der Waals surface area contributed by atoms with Crippen molar-refractivity contribution in [2.24, 2.45) is 10.8 Å². The fourth-order valence-electron chi connectivity index (χ4n) is 1.33. The number of rotatable bonds is 2. The molecule has 5 nitrogen and oxygen atoms in total. The van der Waals surface area contributed by atoms with Crippen molar-refractivity contribution in [1.82, 2.24) is 9.97 Å². The highest BCUT2D eigenvalue weighted by Crippen LogP contribution is 2.17. The highest BCUT2D eigenvalue weighted by molar-refractivity contribution is 6.64. The largest absolute Gasteiger partial charge is 0.384 e. The molecule has 2 aromatic heterocycles. The van der Waals surface area contributed by atoms with Gasteiger partial charge in [0, 0.05) is 35.3 Å². The second kappa shape index (κ2) is 13.6. The van der Waals surface area contributed by atoms with Crippen molar-refractivity contribution in [3.63, 3.8) is 0 Å². The van der Waals surface area contributed by atoms with Crippen molar-refractivity contribution in [2.45, 2.75) is 55.4 Å². The van der Waals surface area contributed by atoms with Gasteiger partial charge >= 0.3 is 0 Å². The van der Waals surface area contributed by atoms with Crippen LogP contribution in [-0.4, -0.2) is 21.0 Å². The molecule has 0 radical (unpaired) electrons. The SMILES string of the molecule is C.CC(C)(C)C(=O)Cc1ccc(Cl)cn1.CC(C)(C)C(=O)Cl.Nc1ccc(Cl)cn1. The lowest BCUT2D eigenvalue weighted by Gasteiger charge is -2.15. The van der Waals surface area contributed by atoms with E-state index >= 15 is 0 Å². The molecule has 0 aliphatic carbocycles. The van der Waals surface area contributed by atoms with Crippen LogP contribution in [-0.2, 0) is 16.0 Å². The number of nitrogens with two attached hydrogens (primary N) is 1. The third kappa shape index (κ3) is 14.3. The molecule has 0 amide bonds. The lowest BCUT2D eigenvalue weighted by atomic mass is 9.88. The number of hydrogen-bond acceptors (Lipinski definition) is 5. The summed E-state index contributed by atoms with van der Waals surface area (Å²) in [4.78, 5) is 29.7. The van der Waals surface area contributed by atoms with E-state index in [4.69, 9.17) is 40.5 Å². The number of pyridine rings is 2. The zero-order chi connectivity index (χ0) is 22.8. The smallest absolute Gasteiger partial charge is 0.226 e. The highest BCUT2D eigenvalue weighted by Gasteiger charge is 2.21. The number of nitrogens with zero attached hydrogens (tertiary/aromatic N) is 2.